The van der Waals surface area contributed by atoms with Crippen molar-refractivity contribution in [2.24, 2.45) is 0 Å². The van der Waals surface area contributed by atoms with Crippen LogP contribution in [0.5, 0.6) is 0 Å². The Labute approximate surface area is 162 Å². The van der Waals surface area contributed by atoms with Crippen molar-refractivity contribution in [2.45, 2.75) is 20.0 Å². The SMILES string of the molecule is Cc1nc(-c2ccc(-n3ccnc3-c3cc4n(n3)CCNC4)cc2)n[nH]1.Cl. The maximum absolute atomic E-state index is 4.72. The number of H-pyrrole nitrogens is 1. The molecule has 138 valence electrons. The van der Waals surface area contributed by atoms with E-state index in [9.17, 15) is 0 Å². The Hall–Kier alpha value is -2.97. The molecule has 2 N–H and O–H groups in total. The van der Waals surface area contributed by atoms with Gasteiger partial charge in [0.25, 0.3) is 0 Å². The molecule has 0 bridgehead atoms. The quantitative estimate of drug-likeness (QED) is 0.567. The number of imidazole rings is 1. The second kappa shape index (κ2) is 6.98. The molecule has 0 radical (unpaired) electrons. The number of hydrogen-bond acceptors (Lipinski definition) is 5. The van der Waals surface area contributed by atoms with Crippen molar-refractivity contribution in [3.63, 3.8) is 0 Å². The summed E-state index contributed by atoms with van der Waals surface area (Å²) in [7, 11) is 0. The van der Waals surface area contributed by atoms with E-state index in [1.807, 2.05) is 37.4 Å². The van der Waals surface area contributed by atoms with Crippen LogP contribution in [0, 0.1) is 6.92 Å². The molecule has 0 unspecified atom stereocenters. The average molecular weight is 383 g/mol. The van der Waals surface area contributed by atoms with E-state index in [4.69, 9.17) is 5.10 Å². The van der Waals surface area contributed by atoms with Crippen LogP contribution < -0.4 is 5.32 Å². The van der Waals surface area contributed by atoms with E-state index in [1.165, 1.54) is 5.69 Å². The molecule has 0 saturated heterocycles. The number of halogens is 1. The maximum Gasteiger partial charge on any atom is 0.181 e. The third kappa shape index (κ3) is 3.13. The van der Waals surface area contributed by atoms with E-state index in [2.05, 4.69) is 40.8 Å². The third-order valence-corrected chi connectivity index (χ3v) is 4.54. The van der Waals surface area contributed by atoms with Gasteiger partial charge in [-0.25, -0.2) is 9.97 Å². The second-order valence-electron chi connectivity index (χ2n) is 6.33. The minimum Gasteiger partial charge on any atom is -0.309 e. The van der Waals surface area contributed by atoms with Crippen LogP contribution >= 0.6 is 12.4 Å². The zero-order valence-electron chi connectivity index (χ0n) is 14.8. The van der Waals surface area contributed by atoms with Crippen LogP contribution in [0.4, 0.5) is 0 Å². The molecule has 8 nitrogen and oxygen atoms in total. The minimum atomic E-state index is 0. The molecular formula is C18H19ClN8. The maximum atomic E-state index is 4.72. The number of aromatic nitrogens is 7. The van der Waals surface area contributed by atoms with Crippen LogP contribution in [0.3, 0.4) is 0 Å². The Morgan fingerprint density at radius 2 is 2.00 bits per heavy atom. The van der Waals surface area contributed by atoms with Gasteiger partial charge in [0.1, 0.15) is 11.5 Å². The summed E-state index contributed by atoms with van der Waals surface area (Å²) in [5.74, 6) is 2.35. The first-order valence-corrected chi connectivity index (χ1v) is 8.59. The molecule has 0 amide bonds. The van der Waals surface area contributed by atoms with Crippen LogP contribution in [-0.2, 0) is 13.1 Å². The number of aryl methyl sites for hydroxylation is 1. The second-order valence-corrected chi connectivity index (χ2v) is 6.33. The van der Waals surface area contributed by atoms with Crippen LogP contribution in [0.2, 0.25) is 0 Å². The molecule has 4 heterocycles. The fraction of sp³-hybridized carbons (Fsp3) is 0.222. The number of nitrogens with one attached hydrogen (secondary N) is 2. The van der Waals surface area contributed by atoms with Crippen LogP contribution in [-0.4, -0.2) is 41.1 Å². The van der Waals surface area contributed by atoms with E-state index in [-0.39, 0.29) is 12.4 Å². The molecule has 1 aliphatic rings. The molecule has 5 rings (SSSR count). The van der Waals surface area contributed by atoms with E-state index in [0.717, 1.165) is 48.2 Å². The number of benzene rings is 1. The molecule has 3 aromatic heterocycles. The number of aromatic amines is 1. The van der Waals surface area contributed by atoms with E-state index in [1.54, 1.807) is 6.20 Å². The van der Waals surface area contributed by atoms with Crippen LogP contribution in [0.15, 0.2) is 42.7 Å². The fourth-order valence-electron chi connectivity index (χ4n) is 3.25. The van der Waals surface area contributed by atoms with Crippen molar-refractivity contribution in [2.75, 3.05) is 6.54 Å². The average Bonchev–Trinajstić information content (AvgIpc) is 3.40. The van der Waals surface area contributed by atoms with Crippen molar-refractivity contribution in [3.8, 4) is 28.6 Å². The van der Waals surface area contributed by atoms with Gasteiger partial charge in [0.15, 0.2) is 11.6 Å². The Kier molecular flexibility index (Phi) is 4.51. The lowest BCUT2D eigenvalue weighted by Gasteiger charge is -2.13. The van der Waals surface area contributed by atoms with Crippen LogP contribution in [0.1, 0.15) is 11.5 Å². The van der Waals surface area contributed by atoms with Gasteiger partial charge in [0.2, 0.25) is 0 Å². The van der Waals surface area contributed by atoms with E-state index < -0.39 is 0 Å². The van der Waals surface area contributed by atoms with Gasteiger partial charge < -0.3 is 5.32 Å². The standard InChI is InChI=1S/C18H18N8.ClH/c1-12-21-17(23-22-12)13-2-4-14(5-3-13)25-8-7-20-18(25)16-10-15-11-19-6-9-26(15)24-16;/h2-5,7-8,10,19H,6,9,11H2,1H3,(H,21,22,23);1H. The summed E-state index contributed by atoms with van der Waals surface area (Å²) in [4.78, 5) is 8.90. The summed E-state index contributed by atoms with van der Waals surface area (Å²) < 4.78 is 4.11. The number of fused-ring (bicyclic) bond motifs is 1. The number of nitrogens with zero attached hydrogens (tertiary/aromatic N) is 6. The summed E-state index contributed by atoms with van der Waals surface area (Å²) in [6.45, 7) is 4.58. The van der Waals surface area contributed by atoms with Gasteiger partial charge >= 0.3 is 0 Å². The van der Waals surface area contributed by atoms with Gasteiger partial charge in [-0.1, -0.05) is 0 Å². The van der Waals surface area contributed by atoms with E-state index >= 15 is 0 Å². The molecule has 0 aliphatic carbocycles. The summed E-state index contributed by atoms with van der Waals surface area (Å²) >= 11 is 0. The lowest BCUT2D eigenvalue weighted by atomic mass is 10.2. The summed E-state index contributed by atoms with van der Waals surface area (Å²) in [6.07, 6.45) is 3.76. The smallest absolute Gasteiger partial charge is 0.181 e. The molecule has 0 atom stereocenters. The highest BCUT2D eigenvalue weighted by Crippen LogP contribution is 2.24. The molecule has 1 aliphatic heterocycles. The highest BCUT2D eigenvalue weighted by Gasteiger charge is 2.16. The molecular weight excluding hydrogens is 364 g/mol. The van der Waals surface area contributed by atoms with E-state index in [0.29, 0.717) is 5.82 Å². The van der Waals surface area contributed by atoms with Gasteiger partial charge in [-0.2, -0.15) is 10.2 Å². The summed E-state index contributed by atoms with van der Waals surface area (Å²) in [5, 5.41) is 15.2. The van der Waals surface area contributed by atoms with Crippen molar-refractivity contribution >= 4 is 12.4 Å². The molecule has 0 saturated carbocycles. The predicted octanol–water partition coefficient (Wildman–Crippen LogP) is 2.35. The number of hydrogen-bond donors (Lipinski definition) is 2. The molecule has 9 heteroatoms. The highest BCUT2D eigenvalue weighted by molar-refractivity contribution is 5.85. The molecule has 1 aromatic carbocycles. The first kappa shape index (κ1) is 17.4. The third-order valence-electron chi connectivity index (χ3n) is 4.54. The zero-order chi connectivity index (χ0) is 17.5. The molecule has 27 heavy (non-hydrogen) atoms. The largest absolute Gasteiger partial charge is 0.309 e. The van der Waals surface area contributed by atoms with Gasteiger partial charge in [-0.15, -0.1) is 12.4 Å². The highest BCUT2D eigenvalue weighted by atomic mass is 35.5. The number of rotatable bonds is 3. The summed E-state index contributed by atoms with van der Waals surface area (Å²) in [5.41, 5.74) is 4.08. The first-order chi connectivity index (χ1) is 12.8. The Balaban J connectivity index is 0.00000180. The zero-order valence-corrected chi connectivity index (χ0v) is 15.6. The van der Waals surface area contributed by atoms with Gasteiger partial charge in [-0.05, 0) is 37.3 Å². The summed E-state index contributed by atoms with van der Waals surface area (Å²) in [6, 6.07) is 10.2. The van der Waals surface area contributed by atoms with Crippen molar-refractivity contribution in [1.29, 1.82) is 0 Å². The molecule has 0 spiro atoms. The normalized spacial score (nSPS) is 13.2. The van der Waals surface area contributed by atoms with Crippen LogP contribution in [0.25, 0.3) is 28.6 Å². The predicted molar refractivity (Wildman–Crippen MR) is 104 cm³/mol. The van der Waals surface area contributed by atoms with Gasteiger partial charge in [-0.3, -0.25) is 14.3 Å². The monoisotopic (exact) mass is 382 g/mol. The van der Waals surface area contributed by atoms with Crippen molar-refractivity contribution in [3.05, 3.63) is 54.2 Å². The topological polar surface area (TPSA) is 89.2 Å². The van der Waals surface area contributed by atoms with Crippen molar-refractivity contribution < 1.29 is 0 Å². The fourth-order valence-corrected chi connectivity index (χ4v) is 3.25. The first-order valence-electron chi connectivity index (χ1n) is 8.59. The Morgan fingerprint density at radius 1 is 1.15 bits per heavy atom. The Bertz CT molecular complexity index is 1040. The van der Waals surface area contributed by atoms with Crippen molar-refractivity contribution in [1.82, 2.24) is 39.8 Å². The van der Waals surface area contributed by atoms with Gasteiger partial charge in [0.05, 0.1) is 12.2 Å². The molecule has 4 aromatic rings. The van der Waals surface area contributed by atoms with Gasteiger partial charge in [0, 0.05) is 36.7 Å². The Morgan fingerprint density at radius 3 is 2.74 bits per heavy atom. The lowest BCUT2D eigenvalue weighted by molar-refractivity contribution is 0.476. The lowest BCUT2D eigenvalue weighted by Crippen LogP contribution is -2.28. The molecule has 0 fully saturated rings. The minimum absolute atomic E-state index is 0.